The number of nitrogens with one attached hydrogen (secondary N) is 2. The molecule has 0 amide bonds. The lowest BCUT2D eigenvalue weighted by Gasteiger charge is -2.13. The number of rotatable bonds is 11. The lowest BCUT2D eigenvalue weighted by Crippen LogP contribution is -2.31. The Balaban J connectivity index is 1.81. The third-order valence-electron chi connectivity index (χ3n) is 3.99. The Morgan fingerprint density at radius 3 is 2.35 bits per heavy atom. The molecule has 3 N–H and O–H groups in total. The molecule has 0 saturated heterocycles. The van der Waals surface area contributed by atoms with Crippen LogP contribution in [0.3, 0.4) is 0 Å². The fourth-order valence-electron chi connectivity index (χ4n) is 2.51. The molecule has 2 aromatic carbocycles. The third-order valence-corrected chi connectivity index (χ3v) is 3.99. The highest BCUT2D eigenvalue weighted by Gasteiger charge is 2.06. The molecule has 5 nitrogen and oxygen atoms in total. The summed E-state index contributed by atoms with van der Waals surface area (Å²) < 4.78 is 11.4. The van der Waals surface area contributed by atoms with Gasteiger partial charge in [-0.2, -0.15) is 0 Å². The maximum absolute atomic E-state index is 9.19. The second-order valence-electron chi connectivity index (χ2n) is 6.49. The van der Waals surface area contributed by atoms with Crippen LogP contribution >= 0.6 is 0 Å². The van der Waals surface area contributed by atoms with Crippen molar-refractivity contribution in [3.8, 4) is 11.5 Å². The fourth-order valence-corrected chi connectivity index (χ4v) is 2.51. The van der Waals surface area contributed by atoms with Crippen molar-refractivity contribution in [2.24, 2.45) is 0 Å². The van der Waals surface area contributed by atoms with E-state index >= 15 is 0 Å². The standard InChI is InChI=1S/C21H30N2O3/c1-16-4-6-18(7-5-16)15-26-20-9-8-19(12-21(20)25-3)14-23-11-10-22-13-17(2)24/h4-9,12,17,22-24H,10-11,13-15H2,1-3H3. The average Bonchev–Trinajstić information content (AvgIpc) is 2.64. The summed E-state index contributed by atoms with van der Waals surface area (Å²) in [6, 6.07) is 14.3. The molecule has 1 unspecified atom stereocenters. The number of benzene rings is 2. The van der Waals surface area contributed by atoms with E-state index < -0.39 is 0 Å². The van der Waals surface area contributed by atoms with Gasteiger partial charge >= 0.3 is 0 Å². The van der Waals surface area contributed by atoms with Gasteiger partial charge in [0.25, 0.3) is 0 Å². The summed E-state index contributed by atoms with van der Waals surface area (Å²) in [4.78, 5) is 0. The SMILES string of the molecule is COc1cc(CNCCNCC(C)O)ccc1OCc1ccc(C)cc1. The molecule has 0 aliphatic carbocycles. The van der Waals surface area contributed by atoms with E-state index in [-0.39, 0.29) is 6.10 Å². The summed E-state index contributed by atoms with van der Waals surface area (Å²) in [6.07, 6.45) is -0.313. The van der Waals surface area contributed by atoms with Gasteiger partial charge in [-0.05, 0) is 37.1 Å². The van der Waals surface area contributed by atoms with Gasteiger partial charge in [-0.25, -0.2) is 0 Å². The quantitative estimate of drug-likeness (QED) is 0.539. The highest BCUT2D eigenvalue weighted by atomic mass is 16.5. The van der Waals surface area contributed by atoms with E-state index in [4.69, 9.17) is 9.47 Å². The van der Waals surface area contributed by atoms with Crippen LogP contribution in [-0.4, -0.2) is 38.0 Å². The summed E-state index contributed by atoms with van der Waals surface area (Å²) in [5, 5.41) is 15.7. The number of aliphatic hydroxyl groups excluding tert-OH is 1. The van der Waals surface area contributed by atoms with Crippen molar-refractivity contribution in [1.82, 2.24) is 10.6 Å². The summed E-state index contributed by atoms with van der Waals surface area (Å²) in [5.41, 5.74) is 3.51. The monoisotopic (exact) mass is 358 g/mol. The Bertz CT molecular complexity index is 657. The Kier molecular flexibility index (Phi) is 8.41. The molecule has 0 aliphatic rings. The van der Waals surface area contributed by atoms with Crippen LogP contribution in [0.15, 0.2) is 42.5 Å². The zero-order chi connectivity index (χ0) is 18.8. The highest BCUT2D eigenvalue weighted by molar-refractivity contribution is 5.43. The minimum Gasteiger partial charge on any atom is -0.493 e. The van der Waals surface area contributed by atoms with Crippen LogP contribution in [0.1, 0.15) is 23.6 Å². The molecule has 0 aliphatic heterocycles. The maximum Gasteiger partial charge on any atom is 0.161 e. The highest BCUT2D eigenvalue weighted by Crippen LogP contribution is 2.28. The molecule has 2 rings (SSSR count). The van der Waals surface area contributed by atoms with E-state index in [9.17, 15) is 5.11 Å². The number of aryl methyl sites for hydroxylation is 1. The molecule has 0 spiro atoms. The molecule has 2 aromatic rings. The second-order valence-corrected chi connectivity index (χ2v) is 6.49. The third kappa shape index (κ3) is 7.04. The van der Waals surface area contributed by atoms with Crippen LogP contribution in [-0.2, 0) is 13.2 Å². The fraction of sp³-hybridized carbons (Fsp3) is 0.429. The lowest BCUT2D eigenvalue weighted by atomic mass is 10.1. The zero-order valence-corrected chi connectivity index (χ0v) is 15.9. The van der Waals surface area contributed by atoms with Crippen LogP contribution in [0.2, 0.25) is 0 Å². The van der Waals surface area contributed by atoms with Crippen molar-refractivity contribution >= 4 is 0 Å². The van der Waals surface area contributed by atoms with Gasteiger partial charge in [0, 0.05) is 26.2 Å². The molecule has 1 atom stereocenters. The molecule has 0 bridgehead atoms. The predicted octanol–water partition coefficient (Wildman–Crippen LogP) is 2.64. The van der Waals surface area contributed by atoms with Gasteiger partial charge < -0.3 is 25.2 Å². The van der Waals surface area contributed by atoms with E-state index in [1.807, 2.05) is 18.2 Å². The van der Waals surface area contributed by atoms with Crippen molar-refractivity contribution < 1.29 is 14.6 Å². The van der Waals surface area contributed by atoms with Crippen molar-refractivity contribution in [2.45, 2.75) is 33.1 Å². The molecular formula is C21H30N2O3. The smallest absolute Gasteiger partial charge is 0.161 e. The average molecular weight is 358 g/mol. The molecule has 0 radical (unpaired) electrons. The Morgan fingerprint density at radius 2 is 1.65 bits per heavy atom. The maximum atomic E-state index is 9.19. The first-order chi connectivity index (χ1) is 12.6. The first kappa shape index (κ1) is 20.2. The van der Waals surface area contributed by atoms with Gasteiger partial charge in [0.05, 0.1) is 13.2 Å². The van der Waals surface area contributed by atoms with Gasteiger partial charge in [-0.15, -0.1) is 0 Å². The van der Waals surface area contributed by atoms with Crippen LogP contribution < -0.4 is 20.1 Å². The van der Waals surface area contributed by atoms with E-state index in [0.29, 0.717) is 13.2 Å². The van der Waals surface area contributed by atoms with Gasteiger partial charge in [-0.1, -0.05) is 35.9 Å². The second kappa shape index (κ2) is 10.8. The molecular weight excluding hydrogens is 328 g/mol. The van der Waals surface area contributed by atoms with Gasteiger partial charge in [0.15, 0.2) is 11.5 Å². The predicted molar refractivity (Wildman–Crippen MR) is 105 cm³/mol. The summed E-state index contributed by atoms with van der Waals surface area (Å²) in [7, 11) is 1.66. The van der Waals surface area contributed by atoms with E-state index in [0.717, 1.165) is 42.3 Å². The lowest BCUT2D eigenvalue weighted by molar-refractivity contribution is 0.191. The molecule has 0 heterocycles. The Labute approximate surface area is 156 Å². The first-order valence-corrected chi connectivity index (χ1v) is 9.03. The van der Waals surface area contributed by atoms with E-state index in [2.05, 4.69) is 41.8 Å². The zero-order valence-electron chi connectivity index (χ0n) is 15.9. The number of hydrogen-bond acceptors (Lipinski definition) is 5. The van der Waals surface area contributed by atoms with E-state index in [1.165, 1.54) is 5.56 Å². The van der Waals surface area contributed by atoms with E-state index in [1.54, 1.807) is 14.0 Å². The van der Waals surface area contributed by atoms with Crippen LogP contribution in [0, 0.1) is 6.92 Å². The van der Waals surface area contributed by atoms with Crippen LogP contribution in [0.5, 0.6) is 11.5 Å². The van der Waals surface area contributed by atoms with Crippen LogP contribution in [0.25, 0.3) is 0 Å². The first-order valence-electron chi connectivity index (χ1n) is 9.03. The Morgan fingerprint density at radius 1 is 0.962 bits per heavy atom. The summed E-state index contributed by atoms with van der Waals surface area (Å²) >= 11 is 0. The van der Waals surface area contributed by atoms with Crippen molar-refractivity contribution in [3.05, 3.63) is 59.2 Å². The van der Waals surface area contributed by atoms with Crippen molar-refractivity contribution in [1.29, 1.82) is 0 Å². The summed E-state index contributed by atoms with van der Waals surface area (Å²) in [6.45, 7) is 7.38. The number of ether oxygens (including phenoxy) is 2. The molecule has 0 saturated carbocycles. The minimum atomic E-state index is -0.313. The largest absolute Gasteiger partial charge is 0.493 e. The number of hydrogen-bond donors (Lipinski definition) is 3. The number of methoxy groups -OCH3 is 1. The number of aliphatic hydroxyl groups is 1. The van der Waals surface area contributed by atoms with Crippen LogP contribution in [0.4, 0.5) is 0 Å². The molecule has 142 valence electrons. The van der Waals surface area contributed by atoms with Gasteiger partial charge in [0.2, 0.25) is 0 Å². The van der Waals surface area contributed by atoms with Crippen molar-refractivity contribution in [3.63, 3.8) is 0 Å². The van der Waals surface area contributed by atoms with Crippen molar-refractivity contribution in [2.75, 3.05) is 26.7 Å². The summed E-state index contributed by atoms with van der Waals surface area (Å²) in [5.74, 6) is 1.49. The molecule has 5 heteroatoms. The minimum absolute atomic E-state index is 0.313. The molecule has 0 aromatic heterocycles. The topological polar surface area (TPSA) is 62.8 Å². The molecule has 0 fully saturated rings. The van der Waals surface area contributed by atoms with Gasteiger partial charge in [0.1, 0.15) is 6.61 Å². The Hall–Kier alpha value is -2.08. The molecule has 26 heavy (non-hydrogen) atoms. The normalized spacial score (nSPS) is 12.0. The van der Waals surface area contributed by atoms with Gasteiger partial charge in [-0.3, -0.25) is 0 Å².